The molecule has 0 aromatic heterocycles. The number of hydrogen-bond donors (Lipinski definition) is 3. The smallest absolute Gasteiger partial charge is 0.235 e. The normalized spacial score (nSPS) is 15.5. The van der Waals surface area contributed by atoms with E-state index in [0.717, 1.165) is 24.0 Å². The highest BCUT2D eigenvalue weighted by Crippen LogP contribution is 2.49. The molecule has 1 aliphatic carbocycles. The molecule has 0 radical (unpaired) electrons. The molecule has 0 atom stereocenters. The van der Waals surface area contributed by atoms with Crippen molar-refractivity contribution >= 4 is 17.3 Å². The Morgan fingerprint density at radius 2 is 1.86 bits per heavy atom. The third kappa shape index (κ3) is 2.33. The predicted molar refractivity (Wildman–Crippen MR) is 83.2 cm³/mol. The number of nitrogens with one attached hydrogen (secondary N) is 1. The zero-order valence-electron chi connectivity index (χ0n) is 11.9. The molecule has 0 unspecified atom stereocenters. The summed E-state index contributed by atoms with van der Waals surface area (Å²) in [6.45, 7) is 1.80. The Morgan fingerprint density at radius 3 is 2.48 bits per heavy atom. The number of para-hydroxylation sites is 1. The standard InChI is InChI=1S/C17H18N2O2/c1-11-3-2-4-14(15(11)20)19-16(21)17(9-10-17)12-5-7-13(18)8-6-12/h2-8,20H,9-10,18H2,1H3,(H,19,21). The van der Waals surface area contributed by atoms with E-state index in [1.807, 2.05) is 30.3 Å². The van der Waals surface area contributed by atoms with Crippen LogP contribution in [0.2, 0.25) is 0 Å². The van der Waals surface area contributed by atoms with Crippen LogP contribution in [0.4, 0.5) is 11.4 Å². The molecule has 4 N–H and O–H groups in total. The van der Waals surface area contributed by atoms with Crippen LogP contribution in [-0.4, -0.2) is 11.0 Å². The maximum Gasteiger partial charge on any atom is 0.235 e. The lowest BCUT2D eigenvalue weighted by Gasteiger charge is -2.17. The van der Waals surface area contributed by atoms with Gasteiger partial charge < -0.3 is 16.2 Å². The first-order chi connectivity index (χ1) is 10.0. The van der Waals surface area contributed by atoms with Gasteiger partial charge >= 0.3 is 0 Å². The first kappa shape index (κ1) is 13.5. The molecule has 4 nitrogen and oxygen atoms in total. The third-order valence-electron chi connectivity index (χ3n) is 4.13. The van der Waals surface area contributed by atoms with Gasteiger partial charge in [-0.25, -0.2) is 0 Å². The molecular weight excluding hydrogens is 264 g/mol. The Kier molecular flexibility index (Phi) is 3.09. The minimum absolute atomic E-state index is 0.0758. The van der Waals surface area contributed by atoms with Crippen LogP contribution in [0.15, 0.2) is 42.5 Å². The van der Waals surface area contributed by atoms with E-state index in [1.165, 1.54) is 0 Å². The van der Waals surface area contributed by atoms with Gasteiger partial charge in [-0.15, -0.1) is 0 Å². The number of hydrogen-bond acceptors (Lipinski definition) is 3. The van der Waals surface area contributed by atoms with Crippen molar-refractivity contribution in [2.24, 2.45) is 0 Å². The first-order valence-electron chi connectivity index (χ1n) is 6.99. The second kappa shape index (κ2) is 4.81. The molecule has 108 valence electrons. The van der Waals surface area contributed by atoms with Gasteiger partial charge in [0, 0.05) is 5.69 Å². The first-order valence-corrected chi connectivity index (χ1v) is 6.99. The summed E-state index contributed by atoms with van der Waals surface area (Å²) < 4.78 is 0. The summed E-state index contributed by atoms with van der Waals surface area (Å²) in [7, 11) is 0. The van der Waals surface area contributed by atoms with Crippen molar-refractivity contribution in [3.63, 3.8) is 0 Å². The van der Waals surface area contributed by atoms with Crippen LogP contribution >= 0.6 is 0 Å². The number of carbonyl (C=O) groups is 1. The topological polar surface area (TPSA) is 75.4 Å². The summed E-state index contributed by atoms with van der Waals surface area (Å²) in [5, 5.41) is 12.9. The highest BCUT2D eigenvalue weighted by molar-refractivity contribution is 6.02. The maximum atomic E-state index is 12.6. The SMILES string of the molecule is Cc1cccc(NC(=O)C2(c3ccc(N)cc3)CC2)c1O. The fraction of sp³-hybridized carbons (Fsp3) is 0.235. The van der Waals surface area contributed by atoms with Crippen molar-refractivity contribution < 1.29 is 9.90 Å². The Morgan fingerprint density at radius 1 is 1.19 bits per heavy atom. The number of aromatic hydroxyl groups is 1. The Hall–Kier alpha value is -2.49. The highest BCUT2D eigenvalue weighted by Gasteiger charge is 2.51. The van der Waals surface area contributed by atoms with Gasteiger partial charge in [0.25, 0.3) is 0 Å². The molecule has 0 aliphatic heterocycles. The summed E-state index contributed by atoms with van der Waals surface area (Å²) in [6, 6.07) is 12.8. The lowest BCUT2D eigenvalue weighted by atomic mass is 9.94. The summed E-state index contributed by atoms with van der Waals surface area (Å²) in [5.41, 5.74) is 8.07. The van der Waals surface area contributed by atoms with Crippen LogP contribution in [0.1, 0.15) is 24.0 Å². The molecule has 2 aromatic rings. The van der Waals surface area contributed by atoms with E-state index in [1.54, 1.807) is 19.1 Å². The monoisotopic (exact) mass is 282 g/mol. The van der Waals surface area contributed by atoms with Gasteiger partial charge in [-0.3, -0.25) is 4.79 Å². The van der Waals surface area contributed by atoms with E-state index in [9.17, 15) is 9.90 Å². The van der Waals surface area contributed by atoms with Crippen LogP contribution in [0, 0.1) is 6.92 Å². The molecule has 21 heavy (non-hydrogen) atoms. The molecule has 1 saturated carbocycles. The number of phenolic OH excluding ortho intramolecular Hbond substituents is 1. The lowest BCUT2D eigenvalue weighted by Crippen LogP contribution is -2.27. The van der Waals surface area contributed by atoms with Gasteiger partial charge in [0.05, 0.1) is 11.1 Å². The Labute approximate surface area is 123 Å². The van der Waals surface area contributed by atoms with E-state index in [2.05, 4.69) is 5.32 Å². The van der Waals surface area contributed by atoms with Crippen molar-refractivity contribution in [2.75, 3.05) is 11.1 Å². The number of nitrogen functional groups attached to an aromatic ring is 1. The van der Waals surface area contributed by atoms with E-state index in [0.29, 0.717) is 11.4 Å². The van der Waals surface area contributed by atoms with Crippen molar-refractivity contribution in [1.29, 1.82) is 0 Å². The van der Waals surface area contributed by atoms with Crippen LogP contribution < -0.4 is 11.1 Å². The molecule has 0 bridgehead atoms. The van der Waals surface area contributed by atoms with E-state index in [4.69, 9.17) is 5.73 Å². The van der Waals surface area contributed by atoms with E-state index < -0.39 is 5.41 Å². The average Bonchev–Trinajstić information content (AvgIpc) is 3.26. The summed E-state index contributed by atoms with van der Waals surface area (Å²) in [6.07, 6.45) is 1.63. The quantitative estimate of drug-likeness (QED) is 0.598. The van der Waals surface area contributed by atoms with Crippen LogP contribution in [0.5, 0.6) is 5.75 Å². The van der Waals surface area contributed by atoms with Crippen LogP contribution in [-0.2, 0) is 10.2 Å². The number of benzene rings is 2. The summed E-state index contributed by atoms with van der Waals surface area (Å²) in [4.78, 5) is 12.6. The van der Waals surface area contributed by atoms with Gasteiger partial charge in [0.2, 0.25) is 5.91 Å². The second-order valence-corrected chi connectivity index (χ2v) is 5.63. The number of carbonyl (C=O) groups excluding carboxylic acids is 1. The molecule has 4 heteroatoms. The fourth-order valence-electron chi connectivity index (χ4n) is 2.58. The minimum atomic E-state index is -0.482. The number of aryl methyl sites for hydroxylation is 1. The zero-order valence-corrected chi connectivity index (χ0v) is 11.9. The molecule has 3 rings (SSSR count). The van der Waals surface area contributed by atoms with Gasteiger partial charge in [0.15, 0.2) is 0 Å². The van der Waals surface area contributed by atoms with Gasteiger partial charge in [-0.05, 0) is 49.1 Å². The van der Waals surface area contributed by atoms with Gasteiger partial charge in [0.1, 0.15) is 5.75 Å². The fourth-order valence-corrected chi connectivity index (χ4v) is 2.58. The molecule has 0 spiro atoms. The van der Waals surface area contributed by atoms with Crippen LogP contribution in [0.25, 0.3) is 0 Å². The van der Waals surface area contributed by atoms with Crippen LogP contribution in [0.3, 0.4) is 0 Å². The molecule has 1 amide bonds. The number of anilines is 2. The van der Waals surface area contributed by atoms with Crippen molar-refractivity contribution in [1.82, 2.24) is 0 Å². The second-order valence-electron chi connectivity index (χ2n) is 5.63. The largest absolute Gasteiger partial charge is 0.505 e. The molecule has 2 aromatic carbocycles. The van der Waals surface area contributed by atoms with E-state index in [-0.39, 0.29) is 11.7 Å². The number of rotatable bonds is 3. The Bertz CT molecular complexity index is 688. The molecule has 1 fully saturated rings. The van der Waals surface area contributed by atoms with E-state index >= 15 is 0 Å². The lowest BCUT2D eigenvalue weighted by molar-refractivity contribution is -0.118. The van der Waals surface area contributed by atoms with Crippen molar-refractivity contribution in [3.8, 4) is 5.75 Å². The van der Waals surface area contributed by atoms with Crippen molar-refractivity contribution in [3.05, 3.63) is 53.6 Å². The highest BCUT2D eigenvalue weighted by atomic mass is 16.3. The van der Waals surface area contributed by atoms with Gasteiger partial charge in [-0.2, -0.15) is 0 Å². The predicted octanol–water partition coefficient (Wildman–Crippen LogP) is 2.95. The number of nitrogens with two attached hydrogens (primary N) is 1. The number of amides is 1. The minimum Gasteiger partial charge on any atom is -0.505 e. The maximum absolute atomic E-state index is 12.6. The molecule has 1 aliphatic rings. The molecule has 0 saturated heterocycles. The summed E-state index contributed by atoms with van der Waals surface area (Å²) >= 11 is 0. The van der Waals surface area contributed by atoms with Crippen molar-refractivity contribution in [2.45, 2.75) is 25.2 Å². The molecular formula is C17H18N2O2. The van der Waals surface area contributed by atoms with Gasteiger partial charge in [-0.1, -0.05) is 24.3 Å². The third-order valence-corrected chi connectivity index (χ3v) is 4.13. The Balaban J connectivity index is 1.85. The molecule has 0 heterocycles. The average molecular weight is 282 g/mol. The zero-order chi connectivity index (χ0) is 15.0. The number of phenols is 1. The summed E-state index contributed by atoms with van der Waals surface area (Å²) in [5.74, 6) is 0.0483.